The molecule has 1 fully saturated rings. The first kappa shape index (κ1) is 32.9. The quantitative estimate of drug-likeness (QED) is 0.178. The molecule has 44 heavy (non-hydrogen) atoms. The molecule has 2 aromatic heterocycles. The molecular formula is C27H23BrF3N5O7S. The van der Waals surface area contributed by atoms with Gasteiger partial charge >= 0.3 is 17.9 Å². The van der Waals surface area contributed by atoms with Crippen molar-refractivity contribution in [2.45, 2.75) is 55.3 Å². The molecule has 0 amide bonds. The van der Waals surface area contributed by atoms with Crippen molar-refractivity contribution >= 4 is 45.6 Å². The minimum absolute atomic E-state index is 0.0362. The molecule has 1 saturated heterocycles. The average molecular weight is 698 g/mol. The van der Waals surface area contributed by atoms with Crippen molar-refractivity contribution < 1.29 is 46.5 Å². The van der Waals surface area contributed by atoms with Gasteiger partial charge in [0.15, 0.2) is 34.2 Å². The lowest BCUT2D eigenvalue weighted by Crippen LogP contribution is -2.56. The molecule has 17 heteroatoms. The summed E-state index contributed by atoms with van der Waals surface area (Å²) in [5.74, 6) is -6.51. The van der Waals surface area contributed by atoms with Gasteiger partial charge in [-0.05, 0) is 34.1 Å². The summed E-state index contributed by atoms with van der Waals surface area (Å²) in [6.45, 7) is 2.79. The summed E-state index contributed by atoms with van der Waals surface area (Å²) in [6.07, 6.45) is 0.341. The van der Waals surface area contributed by atoms with E-state index in [1.54, 1.807) is 6.07 Å². The Balaban J connectivity index is 1.82. The van der Waals surface area contributed by atoms with Crippen molar-refractivity contribution in [3.05, 3.63) is 58.2 Å². The van der Waals surface area contributed by atoms with E-state index in [9.17, 15) is 32.8 Å². The predicted octanol–water partition coefficient (Wildman–Crippen LogP) is 4.27. The zero-order valence-electron chi connectivity index (χ0n) is 23.3. The van der Waals surface area contributed by atoms with Gasteiger partial charge in [-0.25, -0.2) is 22.8 Å². The first-order chi connectivity index (χ1) is 20.8. The van der Waals surface area contributed by atoms with E-state index in [2.05, 4.69) is 31.2 Å². The van der Waals surface area contributed by atoms with Gasteiger partial charge in [-0.2, -0.15) is 5.26 Å². The molecule has 1 aromatic carbocycles. The van der Waals surface area contributed by atoms with Gasteiger partial charge in [0.1, 0.15) is 31.1 Å². The van der Waals surface area contributed by atoms with Crippen LogP contribution in [0.4, 0.5) is 13.2 Å². The van der Waals surface area contributed by atoms with Crippen LogP contribution in [0.2, 0.25) is 0 Å². The van der Waals surface area contributed by atoms with E-state index in [1.807, 2.05) is 6.07 Å². The van der Waals surface area contributed by atoms with E-state index in [1.165, 1.54) is 30.9 Å². The smallest absolute Gasteiger partial charge is 0.303 e. The number of esters is 3. The lowest BCUT2D eigenvalue weighted by molar-refractivity contribution is -0.207. The fourth-order valence-electron chi connectivity index (χ4n) is 4.44. The topological polar surface area (TPSA) is 156 Å². The third kappa shape index (κ3) is 7.73. The first-order valence-electron chi connectivity index (χ1n) is 12.7. The van der Waals surface area contributed by atoms with E-state index in [0.29, 0.717) is 9.37 Å². The number of nitrogens with zero attached hydrogens (tertiary/aromatic N) is 5. The number of halogens is 4. The number of benzene rings is 1. The van der Waals surface area contributed by atoms with Crippen molar-refractivity contribution in [3.63, 3.8) is 0 Å². The SMILES string of the molecule is CC(=O)OCC1OC(COC(C)=O)(Sc2cnc(C#N)c(Br)c2)CC(n2cc(-c3cc(F)c(F)c(F)c3)nn2)[C@H]1OC(C)=O. The Morgan fingerprint density at radius 1 is 1.14 bits per heavy atom. The second-order valence-electron chi connectivity index (χ2n) is 9.55. The third-order valence-corrected chi connectivity index (χ3v) is 8.05. The van der Waals surface area contributed by atoms with Crippen LogP contribution in [0, 0.1) is 28.8 Å². The fraction of sp³-hybridized carbons (Fsp3) is 0.370. The summed E-state index contributed by atoms with van der Waals surface area (Å²) in [5.41, 5.74) is -0.0302. The van der Waals surface area contributed by atoms with Gasteiger partial charge in [0.2, 0.25) is 0 Å². The standard InChI is InChI=1S/C27H23BrF3N5O7S/c1-13(37)40-11-24-26(42-15(3)39)23(36-10-22(34-35-36)16-4-19(29)25(31)20(30)5-16)7-27(43-24,12-41-14(2)38)44-17-6-18(28)21(8-32)33-9-17/h4-6,9-10,23-24,26H,7,11-12H2,1-3H3/t23?,24?,26-,27?/m1/s1. The molecule has 3 unspecified atom stereocenters. The number of thioether (sulfide) groups is 1. The predicted molar refractivity (Wildman–Crippen MR) is 148 cm³/mol. The number of ether oxygens (including phenoxy) is 4. The summed E-state index contributed by atoms with van der Waals surface area (Å²) < 4.78 is 65.8. The third-order valence-electron chi connectivity index (χ3n) is 6.24. The maximum absolute atomic E-state index is 14.0. The van der Waals surface area contributed by atoms with Crippen molar-refractivity contribution in [2.24, 2.45) is 0 Å². The summed E-state index contributed by atoms with van der Waals surface area (Å²) in [5, 5.41) is 17.3. The van der Waals surface area contributed by atoms with E-state index in [4.69, 9.17) is 18.9 Å². The Labute approximate surface area is 260 Å². The summed E-state index contributed by atoms with van der Waals surface area (Å²) in [7, 11) is 0. The monoisotopic (exact) mass is 697 g/mol. The molecule has 3 heterocycles. The van der Waals surface area contributed by atoms with E-state index < -0.39 is 65.1 Å². The van der Waals surface area contributed by atoms with Gasteiger partial charge in [-0.1, -0.05) is 17.0 Å². The Bertz CT molecular complexity index is 1610. The van der Waals surface area contributed by atoms with Crippen molar-refractivity contribution in [3.8, 4) is 17.3 Å². The highest BCUT2D eigenvalue weighted by atomic mass is 79.9. The highest BCUT2D eigenvalue weighted by Crippen LogP contribution is 2.48. The van der Waals surface area contributed by atoms with Crippen LogP contribution >= 0.6 is 27.7 Å². The van der Waals surface area contributed by atoms with Crippen molar-refractivity contribution in [1.29, 1.82) is 5.26 Å². The summed E-state index contributed by atoms with van der Waals surface area (Å²) >= 11 is 4.36. The number of aromatic nitrogens is 4. The van der Waals surface area contributed by atoms with Crippen LogP contribution in [-0.4, -0.2) is 68.2 Å². The van der Waals surface area contributed by atoms with Crippen LogP contribution < -0.4 is 0 Å². The number of carbonyl (C=O) groups excluding carboxylic acids is 3. The molecule has 0 saturated carbocycles. The maximum Gasteiger partial charge on any atom is 0.303 e. The molecular weight excluding hydrogens is 675 g/mol. The van der Waals surface area contributed by atoms with Gasteiger partial charge in [0.25, 0.3) is 0 Å². The lowest BCUT2D eigenvalue weighted by Gasteiger charge is -2.46. The Morgan fingerprint density at radius 3 is 2.41 bits per heavy atom. The van der Waals surface area contributed by atoms with Gasteiger partial charge < -0.3 is 18.9 Å². The molecule has 0 bridgehead atoms. The summed E-state index contributed by atoms with van der Waals surface area (Å²) in [4.78, 5) is 39.0. The van der Waals surface area contributed by atoms with Gasteiger partial charge in [-0.15, -0.1) is 5.10 Å². The number of rotatable bonds is 9. The zero-order valence-corrected chi connectivity index (χ0v) is 25.7. The number of nitriles is 1. The molecule has 1 aliphatic rings. The van der Waals surface area contributed by atoms with Gasteiger partial charge in [0.05, 0.1) is 16.7 Å². The minimum atomic E-state index is -1.65. The maximum atomic E-state index is 14.0. The van der Waals surface area contributed by atoms with Gasteiger partial charge in [-0.3, -0.25) is 14.4 Å². The second kappa shape index (κ2) is 13.7. The Morgan fingerprint density at radius 2 is 1.82 bits per heavy atom. The first-order valence-corrected chi connectivity index (χ1v) is 14.3. The van der Waals surface area contributed by atoms with E-state index >= 15 is 0 Å². The largest absolute Gasteiger partial charge is 0.463 e. The molecule has 1 aliphatic heterocycles. The molecule has 232 valence electrons. The Hall–Kier alpha value is -4.01. The van der Waals surface area contributed by atoms with Crippen LogP contribution in [0.3, 0.4) is 0 Å². The van der Waals surface area contributed by atoms with Crippen LogP contribution in [0.15, 0.2) is 40.0 Å². The van der Waals surface area contributed by atoms with E-state index in [0.717, 1.165) is 30.8 Å². The molecule has 0 N–H and O–H groups in total. The fourth-order valence-corrected chi connectivity index (χ4v) is 6.28. The van der Waals surface area contributed by atoms with Crippen molar-refractivity contribution in [1.82, 2.24) is 20.0 Å². The van der Waals surface area contributed by atoms with E-state index in [-0.39, 0.29) is 30.0 Å². The van der Waals surface area contributed by atoms with Crippen LogP contribution in [0.5, 0.6) is 0 Å². The molecule has 12 nitrogen and oxygen atoms in total. The number of hydrogen-bond acceptors (Lipinski definition) is 12. The van der Waals surface area contributed by atoms with Crippen LogP contribution in [0.25, 0.3) is 11.3 Å². The highest BCUT2D eigenvalue weighted by molar-refractivity contribution is 9.10. The minimum Gasteiger partial charge on any atom is -0.463 e. The van der Waals surface area contributed by atoms with Crippen LogP contribution in [-0.2, 0) is 33.3 Å². The molecule has 4 atom stereocenters. The molecule has 3 aromatic rings. The summed E-state index contributed by atoms with van der Waals surface area (Å²) in [6, 6.07) is 4.10. The highest BCUT2D eigenvalue weighted by Gasteiger charge is 2.52. The lowest BCUT2D eigenvalue weighted by atomic mass is 9.94. The van der Waals surface area contributed by atoms with Crippen molar-refractivity contribution in [2.75, 3.05) is 13.2 Å². The average Bonchev–Trinajstić information content (AvgIpc) is 3.45. The Kier molecular flexibility index (Phi) is 10.3. The van der Waals surface area contributed by atoms with Gasteiger partial charge in [0, 0.05) is 43.8 Å². The molecule has 4 rings (SSSR count). The number of pyridine rings is 1. The molecule has 0 spiro atoms. The van der Waals surface area contributed by atoms with Crippen LogP contribution in [0.1, 0.15) is 38.9 Å². The number of carbonyl (C=O) groups is 3. The molecule has 0 aliphatic carbocycles. The zero-order chi connectivity index (χ0) is 32.2. The normalized spacial score (nSPS) is 21.3. The second-order valence-corrected chi connectivity index (χ2v) is 11.8. The molecule has 0 radical (unpaired) electrons. The number of hydrogen-bond donors (Lipinski definition) is 0.